The first-order valence-corrected chi connectivity index (χ1v) is 17.7. The third kappa shape index (κ3) is 8.20. The standard InChI is InChI=1S/C34H28Cl2N2O7S2/c35-29-18-31(36)33(39)32(19-29)47(44,45)38(21-23-9-11-27(12-10-23)26-7-2-1-3-8-26)22-25-6-4-5-24(17-25)20-37-46(42,43)30-15-13-28(14-16-30)34(40)41/h1-19,37,39H,20-22H2,(H,40,41). The molecule has 0 radical (unpaired) electrons. The summed E-state index contributed by atoms with van der Waals surface area (Å²) in [6.07, 6.45) is 0. The van der Waals surface area contributed by atoms with Crippen molar-refractivity contribution in [3.63, 3.8) is 0 Å². The van der Waals surface area contributed by atoms with Gasteiger partial charge in [-0.15, -0.1) is 0 Å². The van der Waals surface area contributed by atoms with E-state index in [1.807, 2.05) is 54.6 Å². The average Bonchev–Trinajstić information content (AvgIpc) is 3.06. The summed E-state index contributed by atoms with van der Waals surface area (Å²) in [5, 5.41) is 19.5. The number of carboxylic acids is 1. The molecule has 0 heterocycles. The zero-order chi connectivity index (χ0) is 33.8. The molecule has 5 rings (SSSR count). The number of nitrogens with one attached hydrogen (secondary N) is 1. The van der Waals surface area contributed by atoms with Crippen LogP contribution >= 0.6 is 23.2 Å². The molecule has 0 saturated heterocycles. The third-order valence-electron chi connectivity index (χ3n) is 7.26. The van der Waals surface area contributed by atoms with E-state index in [9.17, 15) is 26.7 Å². The van der Waals surface area contributed by atoms with Crippen LogP contribution in [-0.4, -0.2) is 37.3 Å². The molecule has 9 nitrogen and oxygen atoms in total. The summed E-state index contributed by atoms with van der Waals surface area (Å²) in [5.41, 5.74) is 3.69. The van der Waals surface area contributed by atoms with Crippen molar-refractivity contribution in [2.24, 2.45) is 0 Å². The molecule has 0 fully saturated rings. The van der Waals surface area contributed by atoms with Crippen LogP contribution in [0.2, 0.25) is 10.0 Å². The van der Waals surface area contributed by atoms with Crippen molar-refractivity contribution in [3.05, 3.63) is 148 Å². The molecule has 0 unspecified atom stereocenters. The number of hydrogen-bond donors (Lipinski definition) is 3. The smallest absolute Gasteiger partial charge is 0.335 e. The normalized spacial score (nSPS) is 11.9. The fourth-order valence-electron chi connectivity index (χ4n) is 4.82. The van der Waals surface area contributed by atoms with Crippen LogP contribution in [0.4, 0.5) is 0 Å². The molecular formula is C34H28Cl2N2O7S2. The van der Waals surface area contributed by atoms with E-state index in [1.54, 1.807) is 24.3 Å². The van der Waals surface area contributed by atoms with Crippen LogP contribution in [0, 0.1) is 0 Å². The van der Waals surface area contributed by atoms with Crippen molar-refractivity contribution >= 4 is 49.2 Å². The van der Waals surface area contributed by atoms with Crippen LogP contribution in [-0.2, 0) is 39.7 Å². The molecule has 0 saturated carbocycles. The Morgan fingerprint density at radius 3 is 1.98 bits per heavy atom. The molecular weight excluding hydrogens is 683 g/mol. The maximum absolute atomic E-state index is 14.0. The first-order valence-electron chi connectivity index (χ1n) is 14.1. The molecule has 0 atom stereocenters. The summed E-state index contributed by atoms with van der Waals surface area (Å²) in [6, 6.07) is 31.1. The van der Waals surface area contributed by atoms with Crippen molar-refractivity contribution in [2.75, 3.05) is 0 Å². The monoisotopic (exact) mass is 710 g/mol. The minimum atomic E-state index is -4.37. The molecule has 0 bridgehead atoms. The minimum absolute atomic E-state index is 0.0328. The van der Waals surface area contributed by atoms with Gasteiger partial charge in [0, 0.05) is 24.7 Å². The molecule has 5 aromatic carbocycles. The van der Waals surface area contributed by atoms with Gasteiger partial charge in [0.05, 0.1) is 15.5 Å². The van der Waals surface area contributed by atoms with Gasteiger partial charge in [-0.05, 0) is 64.2 Å². The zero-order valence-electron chi connectivity index (χ0n) is 24.5. The highest BCUT2D eigenvalue weighted by Crippen LogP contribution is 2.36. The Labute approximate surface area is 282 Å². The zero-order valence-corrected chi connectivity index (χ0v) is 27.7. The van der Waals surface area contributed by atoms with E-state index in [2.05, 4.69) is 4.72 Å². The first kappa shape index (κ1) is 34.1. The molecule has 5 aromatic rings. The van der Waals surface area contributed by atoms with Gasteiger partial charge < -0.3 is 10.2 Å². The Morgan fingerprint density at radius 1 is 0.702 bits per heavy atom. The lowest BCUT2D eigenvalue weighted by atomic mass is 10.0. The number of sulfonamides is 2. The number of carboxylic acid groups (broad SMARTS) is 1. The summed E-state index contributed by atoms with van der Waals surface area (Å²) < 4.78 is 57.4. The van der Waals surface area contributed by atoms with Gasteiger partial charge in [0.25, 0.3) is 0 Å². The number of rotatable bonds is 12. The van der Waals surface area contributed by atoms with E-state index in [0.717, 1.165) is 17.2 Å². The molecule has 47 heavy (non-hydrogen) atoms. The van der Waals surface area contributed by atoms with Crippen LogP contribution in [0.1, 0.15) is 27.0 Å². The van der Waals surface area contributed by atoms with Gasteiger partial charge in [0.15, 0.2) is 5.75 Å². The second-order valence-corrected chi connectivity index (χ2v) is 15.1. The highest BCUT2D eigenvalue weighted by atomic mass is 35.5. The summed E-state index contributed by atoms with van der Waals surface area (Å²) in [4.78, 5) is 10.6. The van der Waals surface area contributed by atoms with E-state index < -0.39 is 36.7 Å². The van der Waals surface area contributed by atoms with Gasteiger partial charge in [-0.25, -0.2) is 26.4 Å². The molecule has 3 N–H and O–H groups in total. The maximum atomic E-state index is 14.0. The van der Waals surface area contributed by atoms with Crippen LogP contribution in [0.3, 0.4) is 0 Å². The van der Waals surface area contributed by atoms with E-state index in [4.69, 9.17) is 28.3 Å². The Hall–Kier alpha value is -4.23. The SMILES string of the molecule is O=C(O)c1ccc(S(=O)(=O)NCc2cccc(CN(Cc3ccc(-c4ccccc4)cc3)S(=O)(=O)c3cc(Cl)cc(Cl)c3O)c2)cc1. The number of aromatic hydroxyl groups is 1. The molecule has 0 aliphatic rings. The highest BCUT2D eigenvalue weighted by molar-refractivity contribution is 7.89. The van der Waals surface area contributed by atoms with E-state index >= 15 is 0 Å². The van der Waals surface area contributed by atoms with Gasteiger partial charge in [-0.3, -0.25) is 0 Å². The predicted octanol–water partition coefficient (Wildman–Crippen LogP) is 6.93. The molecule has 0 aromatic heterocycles. The van der Waals surface area contributed by atoms with Crippen molar-refractivity contribution in [1.29, 1.82) is 0 Å². The summed E-state index contributed by atoms with van der Waals surface area (Å²) in [5.74, 6) is -1.80. The van der Waals surface area contributed by atoms with Crippen molar-refractivity contribution in [3.8, 4) is 16.9 Å². The number of phenols is 1. The lowest BCUT2D eigenvalue weighted by Crippen LogP contribution is -2.30. The number of halogens is 2. The van der Waals surface area contributed by atoms with Gasteiger partial charge in [0.2, 0.25) is 20.0 Å². The highest BCUT2D eigenvalue weighted by Gasteiger charge is 2.30. The Kier molecular flexibility index (Phi) is 10.4. The lowest BCUT2D eigenvalue weighted by molar-refractivity contribution is 0.0696. The molecule has 242 valence electrons. The lowest BCUT2D eigenvalue weighted by Gasteiger charge is -2.24. The minimum Gasteiger partial charge on any atom is -0.505 e. The van der Waals surface area contributed by atoms with E-state index in [0.29, 0.717) is 16.7 Å². The van der Waals surface area contributed by atoms with Crippen LogP contribution in [0.15, 0.2) is 125 Å². The summed E-state index contributed by atoms with van der Waals surface area (Å²) >= 11 is 12.2. The average molecular weight is 712 g/mol. The van der Waals surface area contributed by atoms with Crippen LogP contribution in [0.25, 0.3) is 11.1 Å². The second kappa shape index (κ2) is 14.3. The van der Waals surface area contributed by atoms with Crippen LogP contribution < -0.4 is 4.72 Å². The number of aromatic carboxylic acids is 1. The molecule has 0 aliphatic carbocycles. The van der Waals surface area contributed by atoms with Crippen molar-refractivity contribution in [1.82, 2.24) is 9.03 Å². The number of nitrogens with zero attached hydrogens (tertiary/aromatic N) is 1. The fraction of sp³-hybridized carbons (Fsp3) is 0.0882. The predicted molar refractivity (Wildman–Crippen MR) is 180 cm³/mol. The molecule has 0 aliphatic heterocycles. The van der Waals surface area contributed by atoms with Crippen molar-refractivity contribution < 1.29 is 31.8 Å². The fourth-order valence-corrected chi connectivity index (χ4v) is 8.00. The van der Waals surface area contributed by atoms with Gasteiger partial charge in [-0.1, -0.05) is 102 Å². The summed E-state index contributed by atoms with van der Waals surface area (Å²) in [6.45, 7) is -0.316. The van der Waals surface area contributed by atoms with Gasteiger partial charge in [0.1, 0.15) is 4.90 Å². The van der Waals surface area contributed by atoms with Crippen LogP contribution in [0.5, 0.6) is 5.75 Å². The van der Waals surface area contributed by atoms with Gasteiger partial charge in [-0.2, -0.15) is 4.31 Å². The van der Waals surface area contributed by atoms with E-state index in [1.165, 1.54) is 34.6 Å². The van der Waals surface area contributed by atoms with Gasteiger partial charge >= 0.3 is 5.97 Å². The largest absolute Gasteiger partial charge is 0.505 e. The Balaban J connectivity index is 1.41. The second-order valence-electron chi connectivity index (χ2n) is 10.5. The molecule has 0 amide bonds. The quantitative estimate of drug-likeness (QED) is 0.127. The molecule has 0 spiro atoms. The Morgan fingerprint density at radius 2 is 1.32 bits per heavy atom. The molecule has 13 heteroatoms. The Bertz CT molecular complexity index is 2130. The topological polar surface area (TPSA) is 141 Å². The number of phenolic OH excluding ortho intramolecular Hbond substituents is 1. The maximum Gasteiger partial charge on any atom is 0.335 e. The summed E-state index contributed by atoms with van der Waals surface area (Å²) in [7, 11) is -8.34. The third-order valence-corrected chi connectivity index (χ3v) is 11.0. The van der Waals surface area contributed by atoms with E-state index in [-0.39, 0.29) is 40.1 Å². The first-order chi connectivity index (χ1) is 22.3. The van der Waals surface area contributed by atoms with Crippen molar-refractivity contribution in [2.45, 2.75) is 29.4 Å². The number of carbonyl (C=O) groups is 1. The number of benzene rings is 5. The number of hydrogen-bond acceptors (Lipinski definition) is 6.